The first kappa shape index (κ1) is 33.4. The van der Waals surface area contributed by atoms with E-state index in [1.807, 2.05) is 0 Å². The SMILES string of the molecule is CCCCCCCCCCC[C@@H](O)C[C@H](OC1CCCCO1)[C@H](CCCCCC)C(=O)[O-].[Na+]. The molecule has 190 valence electrons. The van der Waals surface area contributed by atoms with Gasteiger partial charge in [0, 0.05) is 24.9 Å². The van der Waals surface area contributed by atoms with Crippen LogP contribution in [0.25, 0.3) is 0 Å². The van der Waals surface area contributed by atoms with E-state index in [1.165, 1.54) is 44.9 Å². The quantitative estimate of drug-likeness (QED) is 0.203. The minimum Gasteiger partial charge on any atom is -0.550 e. The zero-order valence-electron chi connectivity index (χ0n) is 22.0. The molecule has 0 aromatic rings. The van der Waals surface area contributed by atoms with Gasteiger partial charge in [0.15, 0.2) is 6.29 Å². The number of aliphatic hydroxyl groups is 1. The summed E-state index contributed by atoms with van der Waals surface area (Å²) in [5, 5.41) is 22.6. The molecule has 0 aromatic carbocycles. The summed E-state index contributed by atoms with van der Waals surface area (Å²) in [6, 6.07) is 0. The number of hydrogen-bond acceptors (Lipinski definition) is 5. The number of aliphatic carboxylic acids is 1. The van der Waals surface area contributed by atoms with Crippen molar-refractivity contribution in [2.24, 2.45) is 5.92 Å². The van der Waals surface area contributed by atoms with Crippen LogP contribution in [0.15, 0.2) is 0 Å². The molecule has 1 heterocycles. The van der Waals surface area contributed by atoms with Gasteiger partial charge >= 0.3 is 29.6 Å². The average Bonchev–Trinajstić information content (AvgIpc) is 2.78. The number of aliphatic hydroxyl groups excluding tert-OH is 1. The van der Waals surface area contributed by atoms with Crippen LogP contribution in [0.2, 0.25) is 0 Å². The molecule has 1 aliphatic heterocycles. The van der Waals surface area contributed by atoms with Crippen molar-refractivity contribution >= 4 is 5.97 Å². The second kappa shape index (κ2) is 22.8. The molecule has 1 aliphatic rings. The molecule has 4 atom stereocenters. The fourth-order valence-corrected chi connectivity index (χ4v) is 4.65. The summed E-state index contributed by atoms with van der Waals surface area (Å²) in [5.74, 6) is -1.74. The summed E-state index contributed by atoms with van der Waals surface area (Å²) in [6.07, 6.45) is 18.3. The molecule has 0 amide bonds. The van der Waals surface area contributed by atoms with Crippen LogP contribution in [0.1, 0.15) is 136 Å². The molecule has 1 N–H and O–H groups in total. The average molecular weight is 479 g/mol. The second-order valence-electron chi connectivity index (χ2n) is 9.75. The van der Waals surface area contributed by atoms with Gasteiger partial charge in [0.1, 0.15) is 0 Å². The molecule has 0 radical (unpaired) electrons. The van der Waals surface area contributed by atoms with Crippen molar-refractivity contribution in [1.29, 1.82) is 0 Å². The molecule has 0 aliphatic carbocycles. The van der Waals surface area contributed by atoms with Gasteiger partial charge in [-0.1, -0.05) is 97.3 Å². The van der Waals surface area contributed by atoms with Gasteiger partial charge in [-0.3, -0.25) is 0 Å². The third kappa shape index (κ3) is 17.4. The van der Waals surface area contributed by atoms with Crippen LogP contribution >= 0.6 is 0 Å². The fourth-order valence-electron chi connectivity index (χ4n) is 4.65. The molecule has 1 fully saturated rings. The van der Waals surface area contributed by atoms with Gasteiger partial charge in [-0.05, 0) is 32.1 Å². The van der Waals surface area contributed by atoms with E-state index in [2.05, 4.69) is 13.8 Å². The molecule has 1 unspecified atom stereocenters. The summed E-state index contributed by atoms with van der Waals surface area (Å²) in [4.78, 5) is 11.9. The van der Waals surface area contributed by atoms with E-state index in [1.54, 1.807) is 0 Å². The van der Waals surface area contributed by atoms with E-state index >= 15 is 0 Å². The topological polar surface area (TPSA) is 78.8 Å². The maximum atomic E-state index is 11.9. The molecule has 0 spiro atoms. The standard InChI is InChI=1S/C27H52O5.Na/c1-3-5-7-9-10-11-12-13-14-18-23(28)22-25(32-26-20-16-17-21-31-26)24(27(29)30)19-15-8-6-4-2;/h23-26,28H,3-22H2,1-2H3,(H,29,30);/q;+1/p-1/t23-,24+,25+,26?;/m1./s1. The predicted octanol–water partition coefficient (Wildman–Crippen LogP) is 2.91. The van der Waals surface area contributed by atoms with Crippen molar-refractivity contribution in [3.8, 4) is 0 Å². The van der Waals surface area contributed by atoms with Crippen molar-refractivity contribution in [2.45, 2.75) is 154 Å². The van der Waals surface area contributed by atoms with Gasteiger partial charge < -0.3 is 24.5 Å². The Bertz CT molecular complexity index is 442. The first-order valence-corrected chi connectivity index (χ1v) is 13.7. The number of ether oxygens (including phenoxy) is 2. The Morgan fingerprint density at radius 2 is 1.45 bits per heavy atom. The van der Waals surface area contributed by atoms with E-state index in [-0.39, 0.29) is 35.8 Å². The van der Waals surface area contributed by atoms with Crippen LogP contribution in [0.3, 0.4) is 0 Å². The van der Waals surface area contributed by atoms with E-state index < -0.39 is 24.1 Å². The normalized spacial score (nSPS) is 18.9. The zero-order chi connectivity index (χ0) is 23.4. The van der Waals surface area contributed by atoms with Crippen LogP contribution in [0, 0.1) is 5.92 Å². The van der Waals surface area contributed by atoms with Gasteiger partial charge in [0.25, 0.3) is 0 Å². The van der Waals surface area contributed by atoms with Gasteiger partial charge in [0.05, 0.1) is 12.2 Å². The number of carboxylic acid groups (broad SMARTS) is 1. The number of hydrogen-bond donors (Lipinski definition) is 1. The zero-order valence-corrected chi connectivity index (χ0v) is 24.0. The molecular weight excluding hydrogens is 427 g/mol. The van der Waals surface area contributed by atoms with Crippen LogP contribution in [-0.4, -0.2) is 36.2 Å². The number of carbonyl (C=O) groups excluding carboxylic acids is 1. The van der Waals surface area contributed by atoms with Gasteiger partial charge in [-0.25, -0.2) is 0 Å². The number of carbonyl (C=O) groups is 1. The third-order valence-corrected chi connectivity index (χ3v) is 6.73. The number of rotatable bonds is 21. The van der Waals surface area contributed by atoms with E-state index in [0.717, 1.165) is 57.8 Å². The van der Waals surface area contributed by atoms with E-state index in [9.17, 15) is 15.0 Å². The summed E-state index contributed by atoms with van der Waals surface area (Å²) < 4.78 is 11.8. The van der Waals surface area contributed by atoms with Crippen LogP contribution < -0.4 is 34.7 Å². The van der Waals surface area contributed by atoms with Gasteiger partial charge in [-0.15, -0.1) is 0 Å². The van der Waals surface area contributed by atoms with Crippen LogP contribution in [0.5, 0.6) is 0 Å². The molecule has 6 heteroatoms. The maximum absolute atomic E-state index is 11.9. The Morgan fingerprint density at radius 1 is 0.909 bits per heavy atom. The summed E-state index contributed by atoms with van der Waals surface area (Å²) >= 11 is 0. The Hall–Kier alpha value is 0.350. The van der Waals surface area contributed by atoms with Crippen molar-refractivity contribution in [2.75, 3.05) is 6.61 Å². The Balaban J connectivity index is 0.0000102. The molecule has 1 saturated heterocycles. The van der Waals surface area contributed by atoms with Gasteiger partial charge in [-0.2, -0.15) is 0 Å². The summed E-state index contributed by atoms with van der Waals surface area (Å²) in [7, 11) is 0. The summed E-state index contributed by atoms with van der Waals surface area (Å²) in [6.45, 7) is 5.04. The fraction of sp³-hybridized carbons (Fsp3) is 0.963. The van der Waals surface area contributed by atoms with Crippen molar-refractivity contribution < 1.29 is 54.0 Å². The predicted molar refractivity (Wildman–Crippen MR) is 128 cm³/mol. The monoisotopic (exact) mass is 478 g/mol. The first-order chi connectivity index (χ1) is 15.6. The molecule has 0 saturated carbocycles. The van der Waals surface area contributed by atoms with Crippen molar-refractivity contribution in [3.63, 3.8) is 0 Å². The van der Waals surface area contributed by atoms with E-state index in [0.29, 0.717) is 25.9 Å². The molecule has 0 aromatic heterocycles. The van der Waals surface area contributed by atoms with Crippen molar-refractivity contribution in [3.05, 3.63) is 0 Å². The molecule has 0 bridgehead atoms. The van der Waals surface area contributed by atoms with Gasteiger partial charge in [0.2, 0.25) is 0 Å². The van der Waals surface area contributed by atoms with Crippen LogP contribution in [-0.2, 0) is 14.3 Å². The number of unbranched alkanes of at least 4 members (excludes halogenated alkanes) is 11. The minimum atomic E-state index is -1.06. The smallest absolute Gasteiger partial charge is 0.550 e. The third-order valence-electron chi connectivity index (χ3n) is 6.73. The van der Waals surface area contributed by atoms with Crippen LogP contribution in [0.4, 0.5) is 0 Å². The Labute approximate surface area is 226 Å². The molecule has 1 rings (SSSR count). The second-order valence-corrected chi connectivity index (χ2v) is 9.75. The Kier molecular flexibility index (Phi) is 23.0. The largest absolute Gasteiger partial charge is 1.00 e. The first-order valence-electron chi connectivity index (χ1n) is 13.7. The molecular formula is C27H51NaO5. The summed E-state index contributed by atoms with van der Waals surface area (Å²) in [5.41, 5.74) is 0. The molecule has 33 heavy (non-hydrogen) atoms. The Morgan fingerprint density at radius 3 is 2.00 bits per heavy atom. The van der Waals surface area contributed by atoms with Crippen molar-refractivity contribution in [1.82, 2.24) is 0 Å². The van der Waals surface area contributed by atoms with E-state index in [4.69, 9.17) is 9.47 Å². The minimum absolute atomic E-state index is 0. The number of carboxylic acids is 1. The maximum Gasteiger partial charge on any atom is 1.00 e. The molecule has 5 nitrogen and oxygen atoms in total.